The molecule has 0 aromatic carbocycles. The van der Waals surface area contributed by atoms with Crippen molar-refractivity contribution in [3.8, 4) is 0 Å². The lowest BCUT2D eigenvalue weighted by molar-refractivity contribution is 0.211. The first-order chi connectivity index (χ1) is 8.63. The van der Waals surface area contributed by atoms with E-state index in [4.69, 9.17) is 0 Å². The second-order valence-corrected chi connectivity index (χ2v) is 7.34. The molecular weight excluding hydrogens is 220 g/mol. The van der Waals surface area contributed by atoms with E-state index in [1.54, 1.807) is 0 Å². The Labute approximate surface area is 113 Å². The summed E-state index contributed by atoms with van der Waals surface area (Å²) in [5.41, 5.74) is 0. The van der Waals surface area contributed by atoms with Crippen LogP contribution in [0.25, 0.3) is 0 Å². The maximum Gasteiger partial charge on any atom is 0.0212 e. The van der Waals surface area contributed by atoms with E-state index < -0.39 is 0 Å². The molecule has 3 aliphatic rings. The highest BCUT2D eigenvalue weighted by atomic mass is 15.3. The van der Waals surface area contributed by atoms with Crippen LogP contribution in [-0.4, -0.2) is 35.6 Å². The average molecular weight is 250 g/mol. The maximum absolute atomic E-state index is 3.97. The predicted molar refractivity (Wildman–Crippen MR) is 76.7 cm³/mol. The molecular formula is C16H30N2. The van der Waals surface area contributed by atoms with E-state index in [1.807, 2.05) is 0 Å². The molecule has 1 saturated heterocycles. The number of likely N-dealkylation sites (tertiary alicyclic amines) is 1. The second-order valence-electron chi connectivity index (χ2n) is 7.34. The van der Waals surface area contributed by atoms with Gasteiger partial charge in [-0.25, -0.2) is 0 Å². The van der Waals surface area contributed by atoms with Gasteiger partial charge in [-0.3, -0.25) is 4.90 Å². The summed E-state index contributed by atoms with van der Waals surface area (Å²) in [5.74, 6) is 1.85. The normalized spacial score (nSPS) is 46.5. The van der Waals surface area contributed by atoms with Crippen LogP contribution in [0.15, 0.2) is 0 Å². The largest absolute Gasteiger partial charge is 0.310 e. The van der Waals surface area contributed by atoms with Crippen LogP contribution in [0.1, 0.15) is 59.3 Å². The first-order valence-corrected chi connectivity index (χ1v) is 8.15. The fourth-order valence-corrected chi connectivity index (χ4v) is 4.12. The molecule has 3 rings (SSSR count). The first kappa shape index (κ1) is 12.9. The summed E-state index contributed by atoms with van der Waals surface area (Å²) in [7, 11) is 0. The van der Waals surface area contributed by atoms with E-state index in [0.717, 1.165) is 36.0 Å². The molecule has 0 amide bonds. The van der Waals surface area contributed by atoms with Crippen molar-refractivity contribution < 1.29 is 0 Å². The van der Waals surface area contributed by atoms with Crippen LogP contribution >= 0.6 is 0 Å². The quantitative estimate of drug-likeness (QED) is 0.828. The molecule has 1 aliphatic heterocycles. The van der Waals surface area contributed by atoms with Crippen LogP contribution in [0.3, 0.4) is 0 Å². The van der Waals surface area contributed by atoms with Crippen LogP contribution in [0.2, 0.25) is 0 Å². The second kappa shape index (κ2) is 5.13. The number of hydrogen-bond acceptors (Lipinski definition) is 2. The molecule has 5 atom stereocenters. The molecule has 0 aromatic rings. The van der Waals surface area contributed by atoms with Crippen LogP contribution < -0.4 is 5.32 Å². The molecule has 0 aromatic heterocycles. The Morgan fingerprint density at radius 3 is 2.28 bits per heavy atom. The minimum atomic E-state index is 0.770. The molecule has 2 heteroatoms. The third-order valence-corrected chi connectivity index (χ3v) is 5.71. The fraction of sp³-hybridized carbons (Fsp3) is 1.00. The van der Waals surface area contributed by atoms with Gasteiger partial charge in [0.15, 0.2) is 0 Å². The maximum atomic E-state index is 3.97. The zero-order valence-corrected chi connectivity index (χ0v) is 12.4. The Bertz CT molecular complexity index is 287. The van der Waals surface area contributed by atoms with Crippen molar-refractivity contribution in [2.75, 3.05) is 6.54 Å². The number of rotatable bonds is 3. The Hall–Kier alpha value is -0.0800. The molecule has 1 N–H and O–H groups in total. The molecule has 2 saturated carbocycles. The van der Waals surface area contributed by atoms with Crippen molar-refractivity contribution in [1.29, 1.82) is 0 Å². The lowest BCUT2D eigenvalue weighted by Gasteiger charge is -2.34. The number of hydrogen-bond donors (Lipinski definition) is 1. The SMILES string of the molecule is CC1CCC(NC2CC(C)N(C3CC3)C2)CC1C. The van der Waals surface area contributed by atoms with Gasteiger partial charge in [0.1, 0.15) is 0 Å². The van der Waals surface area contributed by atoms with Gasteiger partial charge in [-0.2, -0.15) is 0 Å². The number of nitrogens with zero attached hydrogens (tertiary/aromatic N) is 1. The summed E-state index contributed by atoms with van der Waals surface area (Å²) >= 11 is 0. The Morgan fingerprint density at radius 1 is 0.833 bits per heavy atom. The molecule has 0 spiro atoms. The molecule has 2 nitrogen and oxygen atoms in total. The van der Waals surface area contributed by atoms with Crippen molar-refractivity contribution in [3.05, 3.63) is 0 Å². The van der Waals surface area contributed by atoms with Gasteiger partial charge in [-0.05, 0) is 57.3 Å². The van der Waals surface area contributed by atoms with Crippen LogP contribution in [0.4, 0.5) is 0 Å². The summed E-state index contributed by atoms with van der Waals surface area (Å²) in [6.45, 7) is 8.59. The van der Waals surface area contributed by atoms with Gasteiger partial charge in [0, 0.05) is 30.7 Å². The Morgan fingerprint density at radius 2 is 1.61 bits per heavy atom. The predicted octanol–water partition coefficient (Wildman–Crippen LogP) is 3.03. The number of nitrogens with one attached hydrogen (secondary N) is 1. The van der Waals surface area contributed by atoms with E-state index >= 15 is 0 Å². The molecule has 5 unspecified atom stereocenters. The highest BCUT2D eigenvalue weighted by Crippen LogP contribution is 2.34. The van der Waals surface area contributed by atoms with Gasteiger partial charge in [0.05, 0.1) is 0 Å². The zero-order valence-electron chi connectivity index (χ0n) is 12.4. The molecule has 18 heavy (non-hydrogen) atoms. The van der Waals surface area contributed by atoms with Crippen molar-refractivity contribution in [3.63, 3.8) is 0 Å². The summed E-state index contributed by atoms with van der Waals surface area (Å²) in [6, 6.07) is 3.32. The highest BCUT2D eigenvalue weighted by Gasteiger charge is 2.39. The van der Waals surface area contributed by atoms with Crippen LogP contribution in [0.5, 0.6) is 0 Å². The van der Waals surface area contributed by atoms with Gasteiger partial charge in [0.2, 0.25) is 0 Å². The average Bonchev–Trinajstić information content (AvgIpc) is 3.09. The Balaban J connectivity index is 1.48. The monoisotopic (exact) mass is 250 g/mol. The fourth-order valence-electron chi connectivity index (χ4n) is 4.12. The van der Waals surface area contributed by atoms with Gasteiger partial charge in [0.25, 0.3) is 0 Å². The van der Waals surface area contributed by atoms with Crippen LogP contribution in [0, 0.1) is 11.8 Å². The summed E-state index contributed by atoms with van der Waals surface area (Å²) in [6.07, 6.45) is 8.50. The molecule has 2 aliphatic carbocycles. The van der Waals surface area contributed by atoms with Gasteiger partial charge >= 0.3 is 0 Å². The summed E-state index contributed by atoms with van der Waals surface area (Å²) in [4.78, 5) is 2.76. The lowest BCUT2D eigenvalue weighted by Crippen LogP contribution is -2.43. The lowest BCUT2D eigenvalue weighted by atomic mass is 9.79. The van der Waals surface area contributed by atoms with Crippen molar-refractivity contribution in [2.24, 2.45) is 11.8 Å². The summed E-state index contributed by atoms with van der Waals surface area (Å²) < 4.78 is 0. The first-order valence-electron chi connectivity index (χ1n) is 8.15. The standard InChI is InChI=1S/C16H30N2/c1-11-4-5-14(8-12(11)2)17-15-9-13(3)18(10-15)16-6-7-16/h11-17H,4-10H2,1-3H3. The summed E-state index contributed by atoms with van der Waals surface area (Å²) in [5, 5.41) is 3.97. The third-order valence-electron chi connectivity index (χ3n) is 5.71. The van der Waals surface area contributed by atoms with E-state index in [1.165, 1.54) is 45.1 Å². The van der Waals surface area contributed by atoms with E-state index in [9.17, 15) is 0 Å². The van der Waals surface area contributed by atoms with Crippen molar-refractivity contribution in [2.45, 2.75) is 83.5 Å². The van der Waals surface area contributed by atoms with Crippen molar-refractivity contribution in [1.82, 2.24) is 10.2 Å². The molecule has 0 bridgehead atoms. The van der Waals surface area contributed by atoms with E-state index in [0.29, 0.717) is 0 Å². The van der Waals surface area contributed by atoms with Gasteiger partial charge < -0.3 is 5.32 Å². The van der Waals surface area contributed by atoms with E-state index in [-0.39, 0.29) is 0 Å². The molecule has 3 fully saturated rings. The molecule has 1 heterocycles. The molecule has 104 valence electrons. The molecule has 0 radical (unpaired) electrons. The minimum Gasteiger partial charge on any atom is -0.310 e. The minimum absolute atomic E-state index is 0.770. The highest BCUT2D eigenvalue weighted by molar-refractivity contribution is 4.97. The third kappa shape index (κ3) is 2.75. The van der Waals surface area contributed by atoms with Gasteiger partial charge in [-0.1, -0.05) is 13.8 Å². The van der Waals surface area contributed by atoms with Crippen molar-refractivity contribution >= 4 is 0 Å². The van der Waals surface area contributed by atoms with Gasteiger partial charge in [-0.15, -0.1) is 0 Å². The van der Waals surface area contributed by atoms with E-state index in [2.05, 4.69) is 31.0 Å². The van der Waals surface area contributed by atoms with Crippen LogP contribution in [-0.2, 0) is 0 Å². The topological polar surface area (TPSA) is 15.3 Å². The smallest absolute Gasteiger partial charge is 0.0212 e. The zero-order chi connectivity index (χ0) is 12.7. The Kier molecular flexibility index (Phi) is 3.68.